The molecule has 0 saturated carbocycles. The van der Waals surface area contributed by atoms with E-state index >= 15 is 0 Å². The van der Waals surface area contributed by atoms with Crippen LogP contribution in [0.5, 0.6) is 0 Å². The molecule has 35 heavy (non-hydrogen) atoms. The monoisotopic (exact) mass is 476 g/mol. The van der Waals surface area contributed by atoms with E-state index in [0.29, 0.717) is 12.1 Å². The van der Waals surface area contributed by atoms with Crippen molar-refractivity contribution >= 4 is 54.3 Å². The van der Waals surface area contributed by atoms with Crippen LogP contribution in [0, 0.1) is 0 Å². The van der Waals surface area contributed by atoms with Gasteiger partial charge in [0.15, 0.2) is 0 Å². The molecule has 0 amide bonds. The first-order valence-electron chi connectivity index (χ1n) is 11.4. The van der Waals surface area contributed by atoms with Gasteiger partial charge in [0.1, 0.15) is 5.52 Å². The van der Waals surface area contributed by atoms with Gasteiger partial charge >= 0.3 is 0 Å². The molecule has 7 aromatic rings. The van der Waals surface area contributed by atoms with Gasteiger partial charge in [0.2, 0.25) is 0 Å². The molecule has 8 heteroatoms. The first-order valence-corrected chi connectivity index (χ1v) is 12.1. The second-order valence-corrected chi connectivity index (χ2v) is 9.69. The van der Waals surface area contributed by atoms with E-state index in [9.17, 15) is 4.79 Å². The Morgan fingerprint density at radius 2 is 1.80 bits per heavy atom. The highest BCUT2D eigenvalue weighted by molar-refractivity contribution is 7.13. The van der Waals surface area contributed by atoms with Crippen LogP contribution >= 0.6 is 11.5 Å². The molecule has 0 aliphatic rings. The van der Waals surface area contributed by atoms with E-state index in [2.05, 4.69) is 56.1 Å². The molecule has 0 bridgehead atoms. The summed E-state index contributed by atoms with van der Waals surface area (Å²) in [6.07, 6.45) is 6.36. The van der Waals surface area contributed by atoms with Crippen LogP contribution in [-0.2, 0) is 20.0 Å². The molecule has 7 rings (SSSR count). The van der Waals surface area contributed by atoms with Crippen LogP contribution in [0.1, 0.15) is 16.7 Å². The summed E-state index contributed by atoms with van der Waals surface area (Å²) in [4.78, 5) is 13.5. The number of aromatic nitrogens is 6. The predicted octanol–water partition coefficient (Wildman–Crippen LogP) is 5.01. The summed E-state index contributed by atoms with van der Waals surface area (Å²) in [6.45, 7) is 0.386. The summed E-state index contributed by atoms with van der Waals surface area (Å²) < 4.78 is 9.08. The second-order valence-electron chi connectivity index (χ2n) is 8.86. The van der Waals surface area contributed by atoms with Crippen molar-refractivity contribution in [1.82, 2.24) is 28.9 Å². The van der Waals surface area contributed by atoms with E-state index in [1.54, 1.807) is 6.20 Å². The molecule has 0 aliphatic carbocycles. The highest BCUT2D eigenvalue weighted by atomic mass is 32.1. The van der Waals surface area contributed by atoms with E-state index < -0.39 is 0 Å². The molecule has 0 unspecified atom stereocenters. The number of benzene rings is 3. The third kappa shape index (κ3) is 3.10. The molecule has 4 heterocycles. The van der Waals surface area contributed by atoms with Crippen LogP contribution in [0.2, 0.25) is 0 Å². The molecule has 7 nitrogen and oxygen atoms in total. The summed E-state index contributed by atoms with van der Waals surface area (Å²) in [5.74, 6) is 0. The zero-order chi connectivity index (χ0) is 23.5. The van der Waals surface area contributed by atoms with E-state index in [0.717, 1.165) is 39.2 Å². The summed E-state index contributed by atoms with van der Waals surface area (Å²) >= 11 is 1.52. The lowest BCUT2D eigenvalue weighted by atomic mass is 10.0. The molecule has 170 valence electrons. The zero-order valence-electron chi connectivity index (χ0n) is 18.9. The maximum absolute atomic E-state index is 13.5. The number of aryl methyl sites for hydroxylation is 1. The Hall–Kier alpha value is -4.30. The Morgan fingerprint density at radius 3 is 2.74 bits per heavy atom. The molecular formula is C27H20N6OS. The van der Waals surface area contributed by atoms with E-state index in [1.807, 2.05) is 42.2 Å². The summed E-state index contributed by atoms with van der Waals surface area (Å²) in [6, 6.07) is 18.7. The van der Waals surface area contributed by atoms with Crippen molar-refractivity contribution in [3.63, 3.8) is 0 Å². The van der Waals surface area contributed by atoms with Crippen molar-refractivity contribution in [2.24, 2.45) is 7.05 Å². The minimum absolute atomic E-state index is 0.0997. The highest BCUT2D eigenvalue weighted by Crippen LogP contribution is 2.29. The molecule has 0 atom stereocenters. The summed E-state index contributed by atoms with van der Waals surface area (Å²) in [5.41, 5.74) is 5.99. The Kier molecular flexibility index (Phi) is 4.37. The first-order chi connectivity index (χ1) is 17.2. The van der Waals surface area contributed by atoms with Crippen LogP contribution in [-0.4, -0.2) is 28.9 Å². The highest BCUT2D eigenvalue weighted by Gasteiger charge is 2.16. The molecule has 0 aliphatic heterocycles. The first kappa shape index (κ1) is 20.1. The molecule has 1 N–H and O–H groups in total. The number of hydrogen-bond donors (Lipinski definition) is 1. The van der Waals surface area contributed by atoms with Crippen molar-refractivity contribution in [3.05, 3.63) is 100 Å². The van der Waals surface area contributed by atoms with Crippen LogP contribution in [0.3, 0.4) is 0 Å². The molecule has 0 saturated heterocycles. The lowest BCUT2D eigenvalue weighted by Gasteiger charge is -2.07. The molecule has 0 spiro atoms. The predicted molar refractivity (Wildman–Crippen MR) is 140 cm³/mol. The van der Waals surface area contributed by atoms with Crippen LogP contribution in [0.15, 0.2) is 78.0 Å². The fourth-order valence-electron chi connectivity index (χ4n) is 5.08. The third-order valence-electron chi connectivity index (χ3n) is 6.85. The van der Waals surface area contributed by atoms with Crippen LogP contribution in [0.25, 0.3) is 42.8 Å². The number of rotatable bonds is 4. The van der Waals surface area contributed by atoms with E-state index in [-0.39, 0.29) is 5.56 Å². The number of nitrogens with zero attached hydrogens (tertiary/aromatic N) is 5. The van der Waals surface area contributed by atoms with Crippen molar-refractivity contribution < 1.29 is 0 Å². The normalized spacial score (nSPS) is 11.9. The Labute approximate surface area is 203 Å². The number of nitrogens with one attached hydrogen (secondary N) is 1. The van der Waals surface area contributed by atoms with Crippen molar-refractivity contribution in [1.29, 1.82) is 0 Å². The van der Waals surface area contributed by atoms with Gasteiger partial charge < -0.3 is 4.57 Å². The van der Waals surface area contributed by atoms with Crippen molar-refractivity contribution in [2.75, 3.05) is 0 Å². The van der Waals surface area contributed by atoms with Crippen LogP contribution < -0.4 is 5.56 Å². The van der Waals surface area contributed by atoms with Crippen molar-refractivity contribution in [2.45, 2.75) is 13.0 Å². The van der Waals surface area contributed by atoms with Gasteiger partial charge in [-0.05, 0) is 52.8 Å². The minimum atomic E-state index is -0.0997. The number of H-pyrrole nitrogens is 1. The molecule has 0 fully saturated rings. The van der Waals surface area contributed by atoms with Crippen LogP contribution in [0.4, 0.5) is 0 Å². The van der Waals surface area contributed by atoms with Gasteiger partial charge in [-0.2, -0.15) is 14.6 Å². The Morgan fingerprint density at radius 1 is 0.914 bits per heavy atom. The minimum Gasteiger partial charge on any atom is -0.339 e. The van der Waals surface area contributed by atoms with Gasteiger partial charge in [0.25, 0.3) is 5.56 Å². The zero-order valence-corrected chi connectivity index (χ0v) is 19.7. The number of hydrogen-bond acceptors (Lipinski definition) is 5. The second kappa shape index (κ2) is 7.61. The molecule has 0 radical (unpaired) electrons. The fourth-order valence-corrected chi connectivity index (χ4v) is 5.77. The van der Waals surface area contributed by atoms with Gasteiger partial charge in [0, 0.05) is 40.3 Å². The van der Waals surface area contributed by atoms with E-state index in [1.165, 1.54) is 37.4 Å². The Balaban J connectivity index is 1.32. The average Bonchev–Trinajstić information content (AvgIpc) is 3.60. The largest absolute Gasteiger partial charge is 0.339 e. The smallest absolute Gasteiger partial charge is 0.291 e. The SMILES string of the molecule is Cn1c2cc(Cc3cccc4sncc34)ccc2c2cnn(Cc3cccc4[nH]ncc34)c(=O)c21. The lowest BCUT2D eigenvalue weighted by Crippen LogP contribution is -2.24. The van der Waals surface area contributed by atoms with E-state index in [4.69, 9.17) is 0 Å². The van der Waals surface area contributed by atoms with Gasteiger partial charge in [0.05, 0.1) is 29.2 Å². The third-order valence-corrected chi connectivity index (χ3v) is 7.61. The van der Waals surface area contributed by atoms with Gasteiger partial charge in [-0.3, -0.25) is 9.89 Å². The molecule has 4 aromatic heterocycles. The Bertz CT molecular complexity index is 1960. The van der Waals surface area contributed by atoms with Gasteiger partial charge in [-0.15, -0.1) is 0 Å². The van der Waals surface area contributed by atoms with Crippen molar-refractivity contribution in [3.8, 4) is 0 Å². The molecular weight excluding hydrogens is 456 g/mol. The number of aromatic amines is 1. The maximum atomic E-state index is 13.5. The fraction of sp³-hybridized carbons (Fsp3) is 0.111. The topological polar surface area (TPSA) is 81.4 Å². The maximum Gasteiger partial charge on any atom is 0.291 e. The standard InChI is InChI=1S/C27H20N6OS/c1-32-24-11-16(10-17-4-3-7-25-21(17)14-30-35-25)8-9-19(24)22-13-29-33(27(34)26(22)32)15-18-5-2-6-23-20(18)12-28-31-23/h2-9,11-14H,10,15H2,1H3,(H,28,31). The summed E-state index contributed by atoms with van der Waals surface area (Å²) in [7, 11) is 1.96. The average molecular weight is 477 g/mol. The number of fused-ring (bicyclic) bond motifs is 5. The lowest BCUT2D eigenvalue weighted by molar-refractivity contribution is 0.647. The quantitative estimate of drug-likeness (QED) is 0.387. The summed E-state index contributed by atoms with van der Waals surface area (Å²) in [5, 5.41) is 15.8. The van der Waals surface area contributed by atoms with Gasteiger partial charge in [-0.1, -0.05) is 36.4 Å². The van der Waals surface area contributed by atoms with Gasteiger partial charge in [-0.25, -0.2) is 4.68 Å². The molecule has 3 aromatic carbocycles.